The normalized spacial score (nSPS) is 10.5. The molecule has 23 heavy (non-hydrogen) atoms. The predicted octanol–water partition coefficient (Wildman–Crippen LogP) is 2.00. The predicted molar refractivity (Wildman–Crippen MR) is 87.0 cm³/mol. The Labute approximate surface area is 132 Å². The van der Waals surface area contributed by atoms with Crippen molar-refractivity contribution in [2.45, 2.75) is 13.5 Å². The molecule has 0 spiro atoms. The van der Waals surface area contributed by atoms with Gasteiger partial charge in [0.1, 0.15) is 5.56 Å². The minimum Gasteiger partial charge on any atom is -0.348 e. The Morgan fingerprint density at radius 2 is 1.91 bits per heavy atom. The van der Waals surface area contributed by atoms with Crippen LogP contribution in [0.25, 0.3) is 11.3 Å². The quantitative estimate of drug-likeness (QED) is 0.688. The Bertz CT molecular complexity index is 864. The number of rotatable bonds is 4. The number of nitrogens with one attached hydrogen (secondary N) is 3. The van der Waals surface area contributed by atoms with Crippen molar-refractivity contribution in [1.29, 1.82) is 0 Å². The van der Waals surface area contributed by atoms with Crippen molar-refractivity contribution in [2.75, 3.05) is 0 Å². The van der Waals surface area contributed by atoms with Gasteiger partial charge in [-0.25, -0.2) is 0 Å². The van der Waals surface area contributed by atoms with Crippen LogP contribution in [-0.4, -0.2) is 21.1 Å². The van der Waals surface area contributed by atoms with Crippen LogP contribution in [0.3, 0.4) is 0 Å². The molecule has 0 aliphatic carbocycles. The second-order valence-electron chi connectivity index (χ2n) is 5.23. The number of aryl methyl sites for hydroxylation is 1. The van der Waals surface area contributed by atoms with Crippen molar-refractivity contribution >= 4 is 5.91 Å². The third-order valence-electron chi connectivity index (χ3n) is 3.52. The molecule has 0 saturated heterocycles. The number of carbonyl (C=O) groups excluding carboxylic acids is 1. The van der Waals surface area contributed by atoms with Gasteiger partial charge >= 0.3 is 0 Å². The molecule has 6 nitrogen and oxygen atoms in total. The molecule has 0 fully saturated rings. The summed E-state index contributed by atoms with van der Waals surface area (Å²) in [7, 11) is 0. The topological polar surface area (TPSA) is 90.6 Å². The highest BCUT2D eigenvalue weighted by atomic mass is 16.2. The van der Waals surface area contributed by atoms with E-state index < -0.39 is 0 Å². The van der Waals surface area contributed by atoms with Crippen LogP contribution >= 0.6 is 0 Å². The van der Waals surface area contributed by atoms with Crippen LogP contribution in [0.15, 0.2) is 53.5 Å². The molecular formula is C17H16N4O2. The zero-order valence-corrected chi connectivity index (χ0v) is 12.6. The van der Waals surface area contributed by atoms with Gasteiger partial charge in [0.15, 0.2) is 0 Å². The van der Waals surface area contributed by atoms with Crippen LogP contribution in [0.5, 0.6) is 0 Å². The van der Waals surface area contributed by atoms with Crippen LogP contribution in [0.4, 0.5) is 0 Å². The summed E-state index contributed by atoms with van der Waals surface area (Å²) in [5.41, 5.74) is 3.37. The monoisotopic (exact) mass is 308 g/mol. The number of nitrogens with zero attached hydrogens (tertiary/aromatic N) is 1. The first-order valence-electron chi connectivity index (χ1n) is 7.20. The number of carbonyl (C=O) groups is 1. The number of hydrogen-bond donors (Lipinski definition) is 3. The van der Waals surface area contributed by atoms with Gasteiger partial charge in [-0.3, -0.25) is 14.7 Å². The van der Waals surface area contributed by atoms with Crippen molar-refractivity contribution < 1.29 is 4.79 Å². The maximum absolute atomic E-state index is 12.1. The molecule has 3 N–H and O–H groups in total. The number of benzene rings is 1. The third-order valence-corrected chi connectivity index (χ3v) is 3.52. The molecule has 0 aliphatic rings. The Morgan fingerprint density at radius 3 is 2.57 bits per heavy atom. The minimum absolute atomic E-state index is 0.115. The SMILES string of the molecule is Cc1ccc(C(=O)NCc2ccc(-c3ccn[nH]3)cc2)c(=O)[nH]1. The average molecular weight is 308 g/mol. The fourth-order valence-electron chi connectivity index (χ4n) is 2.25. The lowest BCUT2D eigenvalue weighted by molar-refractivity contribution is 0.0949. The second-order valence-corrected chi connectivity index (χ2v) is 5.23. The van der Waals surface area contributed by atoms with Gasteiger partial charge in [0.2, 0.25) is 0 Å². The van der Waals surface area contributed by atoms with E-state index in [0.717, 1.165) is 22.5 Å². The van der Waals surface area contributed by atoms with E-state index in [4.69, 9.17) is 0 Å². The number of aromatic nitrogens is 3. The van der Waals surface area contributed by atoms with Crippen LogP contribution in [-0.2, 0) is 6.54 Å². The van der Waals surface area contributed by atoms with E-state index in [2.05, 4.69) is 20.5 Å². The molecule has 1 amide bonds. The fraction of sp³-hybridized carbons (Fsp3) is 0.118. The molecule has 0 aliphatic heterocycles. The van der Waals surface area contributed by atoms with Crippen molar-refractivity contribution in [3.63, 3.8) is 0 Å². The van der Waals surface area contributed by atoms with Crippen LogP contribution in [0.2, 0.25) is 0 Å². The van der Waals surface area contributed by atoms with Gasteiger partial charge in [0, 0.05) is 18.4 Å². The standard InChI is InChI=1S/C17H16N4O2/c1-11-2-7-14(17(23)20-11)16(22)18-10-12-3-5-13(6-4-12)15-8-9-19-21-15/h2-9H,10H2,1H3,(H,18,22)(H,19,21)(H,20,23). The van der Waals surface area contributed by atoms with Crippen molar-refractivity contribution in [2.24, 2.45) is 0 Å². The second kappa shape index (κ2) is 6.31. The Kier molecular flexibility index (Phi) is 4.05. The first-order valence-corrected chi connectivity index (χ1v) is 7.20. The summed E-state index contributed by atoms with van der Waals surface area (Å²) in [5.74, 6) is -0.385. The number of H-pyrrole nitrogens is 2. The summed E-state index contributed by atoms with van der Waals surface area (Å²) in [6, 6.07) is 12.9. The molecule has 0 atom stereocenters. The van der Waals surface area contributed by atoms with Gasteiger partial charge in [0.05, 0.1) is 5.69 Å². The van der Waals surface area contributed by atoms with E-state index in [1.54, 1.807) is 19.2 Å². The minimum atomic E-state index is -0.385. The van der Waals surface area contributed by atoms with Gasteiger partial charge in [-0.1, -0.05) is 24.3 Å². The molecule has 116 valence electrons. The average Bonchev–Trinajstić information content (AvgIpc) is 3.07. The highest BCUT2D eigenvalue weighted by molar-refractivity contribution is 5.93. The molecule has 2 aromatic heterocycles. The number of pyridine rings is 1. The maximum Gasteiger partial charge on any atom is 0.260 e. The summed E-state index contributed by atoms with van der Waals surface area (Å²) in [4.78, 5) is 26.4. The molecule has 3 rings (SSSR count). The highest BCUT2D eigenvalue weighted by Crippen LogP contribution is 2.16. The van der Waals surface area contributed by atoms with E-state index in [1.807, 2.05) is 30.3 Å². The fourth-order valence-corrected chi connectivity index (χ4v) is 2.25. The molecule has 0 radical (unpaired) electrons. The zero-order chi connectivity index (χ0) is 16.2. The Balaban J connectivity index is 1.66. The number of hydrogen-bond acceptors (Lipinski definition) is 3. The van der Waals surface area contributed by atoms with Crippen LogP contribution in [0.1, 0.15) is 21.6 Å². The summed E-state index contributed by atoms with van der Waals surface area (Å²) < 4.78 is 0. The van der Waals surface area contributed by atoms with E-state index in [9.17, 15) is 9.59 Å². The lowest BCUT2D eigenvalue weighted by atomic mass is 10.1. The zero-order valence-electron chi connectivity index (χ0n) is 12.6. The van der Waals surface area contributed by atoms with Gasteiger partial charge < -0.3 is 10.3 Å². The molecule has 0 unspecified atom stereocenters. The molecular weight excluding hydrogens is 292 g/mol. The lowest BCUT2D eigenvalue weighted by Crippen LogP contribution is -2.29. The molecule has 1 aromatic carbocycles. The first kappa shape index (κ1) is 14.8. The first-order chi connectivity index (χ1) is 11.1. The van der Waals surface area contributed by atoms with Crippen molar-refractivity contribution in [3.8, 4) is 11.3 Å². The van der Waals surface area contributed by atoms with Gasteiger partial charge in [0.25, 0.3) is 11.5 Å². The van der Waals surface area contributed by atoms with E-state index in [-0.39, 0.29) is 17.0 Å². The van der Waals surface area contributed by atoms with Crippen LogP contribution < -0.4 is 10.9 Å². The smallest absolute Gasteiger partial charge is 0.260 e. The number of aromatic amines is 2. The summed E-state index contributed by atoms with van der Waals surface area (Å²) >= 11 is 0. The maximum atomic E-state index is 12.1. The lowest BCUT2D eigenvalue weighted by Gasteiger charge is -2.06. The van der Waals surface area contributed by atoms with E-state index in [1.165, 1.54) is 6.07 Å². The number of amides is 1. The van der Waals surface area contributed by atoms with Crippen LogP contribution in [0, 0.1) is 6.92 Å². The molecule has 0 bridgehead atoms. The Hall–Kier alpha value is -3.15. The summed E-state index contributed by atoms with van der Waals surface area (Å²) in [5, 5.41) is 9.56. The summed E-state index contributed by atoms with van der Waals surface area (Å²) in [6.45, 7) is 2.12. The van der Waals surface area contributed by atoms with E-state index >= 15 is 0 Å². The summed E-state index contributed by atoms with van der Waals surface area (Å²) in [6.07, 6.45) is 1.70. The van der Waals surface area contributed by atoms with E-state index in [0.29, 0.717) is 6.54 Å². The molecule has 6 heteroatoms. The van der Waals surface area contributed by atoms with Gasteiger partial charge in [-0.15, -0.1) is 0 Å². The largest absolute Gasteiger partial charge is 0.348 e. The van der Waals surface area contributed by atoms with Gasteiger partial charge in [-0.2, -0.15) is 5.10 Å². The third kappa shape index (κ3) is 3.37. The van der Waals surface area contributed by atoms with Gasteiger partial charge in [-0.05, 0) is 36.2 Å². The van der Waals surface area contributed by atoms with Crippen molar-refractivity contribution in [3.05, 3.63) is 75.8 Å². The van der Waals surface area contributed by atoms with Crippen molar-refractivity contribution in [1.82, 2.24) is 20.5 Å². The highest BCUT2D eigenvalue weighted by Gasteiger charge is 2.09. The molecule has 2 heterocycles. The molecule has 3 aromatic rings. The molecule has 0 saturated carbocycles. The Morgan fingerprint density at radius 1 is 1.13 bits per heavy atom.